The lowest BCUT2D eigenvalue weighted by molar-refractivity contribution is -0.122. The third-order valence-corrected chi connectivity index (χ3v) is 5.25. The minimum absolute atomic E-state index is 0.0517. The number of nitrogens with two attached hydrogens (primary N) is 1. The van der Waals surface area contributed by atoms with E-state index in [4.69, 9.17) is 5.73 Å². The van der Waals surface area contributed by atoms with Crippen molar-refractivity contribution in [3.63, 3.8) is 0 Å². The molecule has 1 aliphatic carbocycles. The molecule has 1 atom stereocenters. The van der Waals surface area contributed by atoms with Crippen LogP contribution in [0.25, 0.3) is 0 Å². The molecule has 4 nitrogen and oxygen atoms in total. The van der Waals surface area contributed by atoms with E-state index in [2.05, 4.69) is 49.3 Å². The van der Waals surface area contributed by atoms with Crippen LogP contribution in [0.4, 0.5) is 0 Å². The standard InChI is InChI=1S/C21H35N3O/c1-16(2)13-20(22)21(25)23-14-17-9-7-8-10-18(17)15-24(3)19-11-5-4-6-12-19/h7-10,16,19-20H,4-6,11-15,22H2,1-3H3,(H,23,25)/t20-/m0/s1. The predicted molar refractivity (Wildman–Crippen MR) is 104 cm³/mol. The van der Waals surface area contributed by atoms with Crippen molar-refractivity contribution >= 4 is 5.91 Å². The summed E-state index contributed by atoms with van der Waals surface area (Å²) >= 11 is 0. The molecular weight excluding hydrogens is 310 g/mol. The van der Waals surface area contributed by atoms with E-state index in [0.717, 1.165) is 13.0 Å². The lowest BCUT2D eigenvalue weighted by Crippen LogP contribution is -2.41. The summed E-state index contributed by atoms with van der Waals surface area (Å²) in [5.41, 5.74) is 8.47. The van der Waals surface area contributed by atoms with Gasteiger partial charge in [-0.1, -0.05) is 57.4 Å². The highest BCUT2D eigenvalue weighted by atomic mass is 16.2. The number of amides is 1. The number of carbonyl (C=O) groups is 1. The first-order valence-electron chi connectivity index (χ1n) is 9.77. The summed E-state index contributed by atoms with van der Waals surface area (Å²) in [6.07, 6.45) is 7.40. The Morgan fingerprint density at radius 1 is 1.20 bits per heavy atom. The second-order valence-corrected chi connectivity index (χ2v) is 7.93. The van der Waals surface area contributed by atoms with E-state index in [9.17, 15) is 4.79 Å². The number of nitrogens with zero attached hydrogens (tertiary/aromatic N) is 1. The normalized spacial score (nSPS) is 17.0. The molecule has 0 unspecified atom stereocenters. The summed E-state index contributed by atoms with van der Waals surface area (Å²) < 4.78 is 0. The van der Waals surface area contributed by atoms with Gasteiger partial charge in [-0.3, -0.25) is 9.69 Å². The van der Waals surface area contributed by atoms with Gasteiger partial charge in [0.25, 0.3) is 0 Å². The molecule has 4 heteroatoms. The molecule has 0 aliphatic heterocycles. The largest absolute Gasteiger partial charge is 0.351 e. The quantitative estimate of drug-likeness (QED) is 0.759. The maximum absolute atomic E-state index is 12.2. The van der Waals surface area contributed by atoms with Crippen molar-refractivity contribution in [1.29, 1.82) is 0 Å². The van der Waals surface area contributed by atoms with Crippen LogP contribution in [-0.4, -0.2) is 29.9 Å². The maximum atomic E-state index is 12.2. The highest BCUT2D eigenvalue weighted by Gasteiger charge is 2.19. The Balaban J connectivity index is 1.92. The maximum Gasteiger partial charge on any atom is 0.237 e. The zero-order valence-electron chi connectivity index (χ0n) is 16.1. The van der Waals surface area contributed by atoms with Gasteiger partial charge < -0.3 is 11.1 Å². The van der Waals surface area contributed by atoms with Crippen molar-refractivity contribution < 1.29 is 4.79 Å². The van der Waals surface area contributed by atoms with Gasteiger partial charge in [0.1, 0.15) is 0 Å². The van der Waals surface area contributed by atoms with Crippen molar-refractivity contribution in [2.24, 2.45) is 11.7 Å². The molecule has 1 saturated carbocycles. The summed E-state index contributed by atoms with van der Waals surface area (Å²) in [5, 5.41) is 3.01. The summed E-state index contributed by atoms with van der Waals surface area (Å²) in [5.74, 6) is 0.376. The van der Waals surface area contributed by atoms with Crippen LogP contribution in [0.3, 0.4) is 0 Å². The average molecular weight is 346 g/mol. The van der Waals surface area contributed by atoms with Crippen molar-refractivity contribution in [2.45, 2.75) is 77.5 Å². The molecule has 1 aromatic rings. The van der Waals surface area contributed by atoms with Crippen molar-refractivity contribution in [3.8, 4) is 0 Å². The van der Waals surface area contributed by atoms with Crippen molar-refractivity contribution in [1.82, 2.24) is 10.2 Å². The number of hydrogen-bond acceptors (Lipinski definition) is 3. The van der Waals surface area contributed by atoms with Gasteiger partial charge in [-0.15, -0.1) is 0 Å². The van der Waals surface area contributed by atoms with Gasteiger partial charge in [-0.2, -0.15) is 0 Å². The van der Waals surface area contributed by atoms with E-state index in [0.29, 0.717) is 18.5 Å². The second-order valence-electron chi connectivity index (χ2n) is 7.93. The Bertz CT molecular complexity index is 538. The molecule has 0 heterocycles. The lowest BCUT2D eigenvalue weighted by atomic mass is 9.94. The van der Waals surface area contributed by atoms with Gasteiger partial charge in [0.05, 0.1) is 6.04 Å². The van der Waals surface area contributed by atoms with Crippen LogP contribution in [0, 0.1) is 5.92 Å². The van der Waals surface area contributed by atoms with Crippen LogP contribution in [0.1, 0.15) is 63.5 Å². The zero-order valence-corrected chi connectivity index (χ0v) is 16.1. The number of hydrogen-bond donors (Lipinski definition) is 2. The van der Waals surface area contributed by atoms with E-state index in [1.165, 1.54) is 43.2 Å². The molecule has 1 aliphatic rings. The van der Waals surface area contributed by atoms with Gasteiger partial charge in [0.15, 0.2) is 0 Å². The SMILES string of the molecule is CC(C)C[C@H](N)C(=O)NCc1ccccc1CN(C)C1CCCCC1. The Morgan fingerprint density at radius 2 is 1.84 bits per heavy atom. The van der Waals surface area contributed by atoms with E-state index >= 15 is 0 Å². The van der Waals surface area contributed by atoms with Crippen LogP contribution in [0.2, 0.25) is 0 Å². The number of rotatable bonds is 8. The molecule has 3 N–H and O–H groups in total. The Kier molecular flexibility index (Phi) is 7.91. The molecule has 140 valence electrons. The monoisotopic (exact) mass is 345 g/mol. The molecule has 25 heavy (non-hydrogen) atoms. The van der Waals surface area contributed by atoms with Gasteiger partial charge in [-0.25, -0.2) is 0 Å². The lowest BCUT2D eigenvalue weighted by Gasteiger charge is -2.31. The van der Waals surface area contributed by atoms with Gasteiger partial charge in [-0.05, 0) is 43.4 Å². The first-order chi connectivity index (χ1) is 12.0. The fourth-order valence-corrected chi connectivity index (χ4v) is 3.73. The van der Waals surface area contributed by atoms with Gasteiger partial charge in [0.2, 0.25) is 5.91 Å². The topological polar surface area (TPSA) is 58.4 Å². The van der Waals surface area contributed by atoms with Crippen LogP contribution < -0.4 is 11.1 Å². The first-order valence-corrected chi connectivity index (χ1v) is 9.77. The molecule has 0 spiro atoms. The minimum Gasteiger partial charge on any atom is -0.351 e. The highest BCUT2D eigenvalue weighted by Crippen LogP contribution is 2.23. The zero-order chi connectivity index (χ0) is 18.2. The van der Waals surface area contributed by atoms with Crippen LogP contribution in [0.15, 0.2) is 24.3 Å². The van der Waals surface area contributed by atoms with Crippen molar-refractivity contribution in [3.05, 3.63) is 35.4 Å². The fraction of sp³-hybridized carbons (Fsp3) is 0.667. The van der Waals surface area contributed by atoms with Crippen LogP contribution in [-0.2, 0) is 17.9 Å². The smallest absolute Gasteiger partial charge is 0.237 e. The Labute approximate surface area is 153 Å². The van der Waals surface area contributed by atoms with Crippen molar-refractivity contribution in [2.75, 3.05) is 7.05 Å². The molecule has 1 amide bonds. The minimum atomic E-state index is -0.419. The summed E-state index contributed by atoms with van der Waals surface area (Å²) in [6.45, 7) is 5.67. The molecule has 0 saturated heterocycles. The summed E-state index contributed by atoms with van der Waals surface area (Å²) in [4.78, 5) is 14.7. The second kappa shape index (κ2) is 9.93. The van der Waals surface area contributed by atoms with Crippen LogP contribution in [0.5, 0.6) is 0 Å². The fourth-order valence-electron chi connectivity index (χ4n) is 3.73. The predicted octanol–water partition coefficient (Wildman–Crippen LogP) is 3.44. The molecule has 1 aromatic carbocycles. The first kappa shape index (κ1) is 19.9. The van der Waals surface area contributed by atoms with Gasteiger partial charge >= 0.3 is 0 Å². The van der Waals surface area contributed by atoms with Gasteiger partial charge in [0, 0.05) is 19.1 Å². The van der Waals surface area contributed by atoms with E-state index in [1.54, 1.807) is 0 Å². The van der Waals surface area contributed by atoms with Crippen LogP contribution >= 0.6 is 0 Å². The Morgan fingerprint density at radius 3 is 2.48 bits per heavy atom. The number of benzene rings is 1. The number of nitrogens with one attached hydrogen (secondary N) is 1. The van der Waals surface area contributed by atoms with E-state index < -0.39 is 6.04 Å². The third-order valence-electron chi connectivity index (χ3n) is 5.25. The molecule has 0 aromatic heterocycles. The third kappa shape index (κ3) is 6.44. The van der Waals surface area contributed by atoms with E-state index in [1.807, 2.05) is 6.07 Å². The molecule has 2 rings (SSSR count). The molecule has 1 fully saturated rings. The summed E-state index contributed by atoms with van der Waals surface area (Å²) in [6, 6.07) is 8.68. The molecule has 0 bridgehead atoms. The Hall–Kier alpha value is -1.39. The highest BCUT2D eigenvalue weighted by molar-refractivity contribution is 5.81. The number of carbonyl (C=O) groups excluding carboxylic acids is 1. The average Bonchev–Trinajstić information content (AvgIpc) is 2.60. The van der Waals surface area contributed by atoms with E-state index in [-0.39, 0.29) is 5.91 Å². The molecule has 0 radical (unpaired) electrons. The molecular formula is C21H35N3O. The summed E-state index contributed by atoms with van der Waals surface area (Å²) in [7, 11) is 2.23.